The topological polar surface area (TPSA) is 96.0 Å². The maximum Gasteiger partial charge on any atom is 0.264 e. The lowest BCUT2D eigenvalue weighted by Crippen LogP contribution is -2.54. The third-order valence-corrected chi connectivity index (χ3v) is 9.59. The molecule has 0 bridgehead atoms. The molecule has 8 nitrogen and oxygen atoms in total. The first kappa shape index (κ1) is 32.1. The van der Waals surface area contributed by atoms with E-state index < -0.39 is 28.5 Å². The minimum absolute atomic E-state index is 0.0569. The Morgan fingerprint density at radius 2 is 1.63 bits per heavy atom. The molecular weight excluding hydrogens is 562 g/mol. The number of nitrogens with one attached hydrogen (secondary N) is 1. The van der Waals surface area contributed by atoms with Crippen LogP contribution in [0.25, 0.3) is 0 Å². The fourth-order valence-corrected chi connectivity index (χ4v) is 7.09. The minimum atomic E-state index is -4.17. The fraction of sp³-hybridized carbons (Fsp3) is 0.412. The van der Waals surface area contributed by atoms with Gasteiger partial charge in [-0.1, -0.05) is 86.3 Å². The Kier molecular flexibility index (Phi) is 11.2. The molecule has 3 aromatic rings. The summed E-state index contributed by atoms with van der Waals surface area (Å²) in [7, 11) is -4.17. The molecule has 0 radical (unpaired) electrons. The summed E-state index contributed by atoms with van der Waals surface area (Å²) in [6.45, 7) is 5.66. The third kappa shape index (κ3) is 8.16. The lowest BCUT2D eigenvalue weighted by atomic mass is 9.95. The van der Waals surface area contributed by atoms with Gasteiger partial charge < -0.3 is 15.0 Å². The van der Waals surface area contributed by atoms with Crippen LogP contribution in [0.1, 0.15) is 63.5 Å². The van der Waals surface area contributed by atoms with Crippen LogP contribution in [0.2, 0.25) is 0 Å². The monoisotopic (exact) mass is 605 g/mol. The van der Waals surface area contributed by atoms with Crippen LogP contribution < -0.4 is 14.4 Å². The zero-order chi connectivity index (χ0) is 30.8. The van der Waals surface area contributed by atoms with Gasteiger partial charge in [-0.25, -0.2) is 8.42 Å². The van der Waals surface area contributed by atoms with Gasteiger partial charge in [-0.05, 0) is 62.9 Å². The smallest absolute Gasteiger partial charge is 0.264 e. The lowest BCUT2D eigenvalue weighted by Gasteiger charge is -2.34. The molecule has 1 N–H and O–H groups in total. The highest BCUT2D eigenvalue weighted by molar-refractivity contribution is 7.92. The van der Waals surface area contributed by atoms with Crippen LogP contribution in [0.3, 0.4) is 0 Å². The van der Waals surface area contributed by atoms with Crippen molar-refractivity contribution in [2.75, 3.05) is 17.5 Å². The first-order chi connectivity index (χ1) is 20.7. The van der Waals surface area contributed by atoms with Gasteiger partial charge in [0.05, 0.1) is 17.2 Å². The van der Waals surface area contributed by atoms with Gasteiger partial charge in [-0.15, -0.1) is 0 Å². The third-order valence-electron chi connectivity index (χ3n) is 7.82. The van der Waals surface area contributed by atoms with Crippen LogP contribution in [0.15, 0.2) is 83.8 Å². The summed E-state index contributed by atoms with van der Waals surface area (Å²) in [6, 6.07) is 22.0. The van der Waals surface area contributed by atoms with Crippen molar-refractivity contribution in [2.45, 2.75) is 82.8 Å². The first-order valence-electron chi connectivity index (χ1n) is 15.2. The van der Waals surface area contributed by atoms with Gasteiger partial charge in [-0.3, -0.25) is 13.9 Å². The fourth-order valence-electron chi connectivity index (χ4n) is 5.64. The number of para-hydroxylation sites is 2. The SMILES string of the molecule is CCOc1ccccc1N(CC(=O)N(Cc1cccc(C)c1)[C@@H](CC)C(=O)NC1CCCCC1)S(=O)(=O)c1ccccc1. The number of rotatable bonds is 13. The summed E-state index contributed by atoms with van der Waals surface area (Å²) in [6.07, 6.45) is 5.53. The molecule has 2 amide bonds. The average Bonchev–Trinajstić information content (AvgIpc) is 3.01. The Balaban J connectivity index is 1.73. The predicted octanol–water partition coefficient (Wildman–Crippen LogP) is 5.85. The number of nitrogens with zero attached hydrogens (tertiary/aromatic N) is 2. The van der Waals surface area contributed by atoms with E-state index in [2.05, 4.69) is 5.32 Å². The quantitative estimate of drug-likeness (QED) is 0.264. The van der Waals surface area contributed by atoms with Crippen LogP contribution in [0, 0.1) is 6.92 Å². The van der Waals surface area contributed by atoms with Gasteiger partial charge in [0.2, 0.25) is 11.8 Å². The van der Waals surface area contributed by atoms with Crippen molar-refractivity contribution >= 4 is 27.5 Å². The van der Waals surface area contributed by atoms with Crippen LogP contribution in [0.5, 0.6) is 5.75 Å². The van der Waals surface area contributed by atoms with E-state index in [1.165, 1.54) is 17.0 Å². The number of hydrogen-bond donors (Lipinski definition) is 1. The molecule has 230 valence electrons. The normalized spacial score (nSPS) is 14.5. The van der Waals surface area contributed by atoms with E-state index in [0.29, 0.717) is 18.8 Å². The largest absolute Gasteiger partial charge is 0.492 e. The molecular formula is C34H43N3O5S. The van der Waals surface area contributed by atoms with E-state index in [1.807, 2.05) is 45.0 Å². The molecule has 9 heteroatoms. The van der Waals surface area contributed by atoms with Crippen LogP contribution in [-0.2, 0) is 26.2 Å². The molecule has 1 aliphatic rings. The highest BCUT2D eigenvalue weighted by Gasteiger charge is 2.35. The van der Waals surface area contributed by atoms with Gasteiger partial charge in [0.15, 0.2) is 0 Å². The predicted molar refractivity (Wildman–Crippen MR) is 169 cm³/mol. The van der Waals surface area contributed by atoms with Gasteiger partial charge in [0, 0.05) is 12.6 Å². The Morgan fingerprint density at radius 3 is 2.30 bits per heavy atom. The Hall–Kier alpha value is -3.85. The second-order valence-electron chi connectivity index (χ2n) is 11.0. The van der Waals surface area contributed by atoms with Gasteiger partial charge >= 0.3 is 0 Å². The average molecular weight is 606 g/mol. The van der Waals surface area contributed by atoms with Crippen molar-refractivity contribution in [3.63, 3.8) is 0 Å². The standard InChI is InChI=1S/C34H43N3O5S/c1-4-30(34(39)35-28-17-8-6-9-18-28)36(24-27-16-14-15-26(3)23-27)33(38)25-37(31-21-12-13-22-32(31)42-5-2)43(40,41)29-19-10-7-11-20-29/h7,10-16,19-23,28,30H,4-6,8-9,17-18,24-25H2,1-3H3,(H,35,39)/t30-/m0/s1. The van der Waals surface area contributed by atoms with Crippen LogP contribution >= 0.6 is 0 Å². The second kappa shape index (κ2) is 15.0. The number of carbonyl (C=O) groups is 2. The van der Waals surface area contributed by atoms with Crippen LogP contribution in [0.4, 0.5) is 5.69 Å². The highest BCUT2D eigenvalue weighted by atomic mass is 32.2. The summed E-state index contributed by atoms with van der Waals surface area (Å²) < 4.78 is 35.1. The lowest BCUT2D eigenvalue weighted by molar-refractivity contribution is -0.140. The zero-order valence-electron chi connectivity index (χ0n) is 25.4. The number of aryl methyl sites for hydroxylation is 1. The number of sulfonamides is 1. The second-order valence-corrected chi connectivity index (χ2v) is 12.9. The van der Waals surface area contributed by atoms with Crippen LogP contribution in [-0.4, -0.2) is 50.4 Å². The Bertz CT molecular complexity index is 1470. The van der Waals surface area contributed by atoms with Gasteiger partial charge in [0.1, 0.15) is 18.3 Å². The number of hydrogen-bond acceptors (Lipinski definition) is 5. The van der Waals surface area contributed by atoms with Gasteiger partial charge in [0.25, 0.3) is 10.0 Å². The summed E-state index contributed by atoms with van der Waals surface area (Å²) >= 11 is 0. The van der Waals surface area contributed by atoms with E-state index in [-0.39, 0.29) is 29.1 Å². The Morgan fingerprint density at radius 1 is 0.930 bits per heavy atom. The van der Waals surface area contributed by atoms with E-state index >= 15 is 0 Å². The molecule has 1 atom stereocenters. The number of benzene rings is 3. The maximum atomic E-state index is 14.4. The first-order valence-corrected chi connectivity index (χ1v) is 16.6. The van der Waals surface area contributed by atoms with Gasteiger partial charge in [-0.2, -0.15) is 0 Å². The van der Waals surface area contributed by atoms with Crippen molar-refractivity contribution in [3.8, 4) is 5.75 Å². The van der Waals surface area contributed by atoms with E-state index in [9.17, 15) is 18.0 Å². The summed E-state index contributed by atoms with van der Waals surface area (Å²) in [5, 5.41) is 3.18. The number of ether oxygens (including phenoxy) is 1. The molecule has 0 aromatic heterocycles. The van der Waals surface area contributed by atoms with Crippen molar-refractivity contribution < 1.29 is 22.7 Å². The Labute approximate surface area is 256 Å². The van der Waals surface area contributed by atoms with Crippen molar-refractivity contribution in [2.24, 2.45) is 0 Å². The van der Waals surface area contributed by atoms with E-state index in [0.717, 1.165) is 47.5 Å². The minimum Gasteiger partial charge on any atom is -0.492 e. The molecule has 0 heterocycles. The molecule has 0 aliphatic heterocycles. The number of carbonyl (C=O) groups excluding carboxylic acids is 2. The molecule has 0 unspecified atom stereocenters. The molecule has 43 heavy (non-hydrogen) atoms. The zero-order valence-corrected chi connectivity index (χ0v) is 26.2. The number of anilines is 1. The highest BCUT2D eigenvalue weighted by Crippen LogP contribution is 2.33. The molecule has 3 aromatic carbocycles. The van der Waals surface area contributed by atoms with E-state index in [4.69, 9.17) is 4.74 Å². The summed E-state index contributed by atoms with van der Waals surface area (Å²) in [4.78, 5) is 29.6. The van der Waals surface area contributed by atoms with Crippen molar-refractivity contribution in [1.29, 1.82) is 0 Å². The molecule has 1 fully saturated rings. The van der Waals surface area contributed by atoms with Crippen molar-refractivity contribution in [3.05, 3.63) is 90.0 Å². The van der Waals surface area contributed by atoms with E-state index in [1.54, 1.807) is 42.5 Å². The molecule has 1 aliphatic carbocycles. The maximum absolute atomic E-state index is 14.4. The molecule has 0 spiro atoms. The molecule has 4 rings (SSSR count). The molecule has 0 saturated heterocycles. The van der Waals surface area contributed by atoms with Crippen molar-refractivity contribution in [1.82, 2.24) is 10.2 Å². The molecule has 1 saturated carbocycles. The summed E-state index contributed by atoms with van der Waals surface area (Å²) in [5.74, 6) is -0.329. The summed E-state index contributed by atoms with van der Waals surface area (Å²) in [5.41, 5.74) is 2.16. The number of amides is 2.